The van der Waals surface area contributed by atoms with Gasteiger partial charge in [-0.25, -0.2) is 9.97 Å². The van der Waals surface area contributed by atoms with E-state index in [4.69, 9.17) is 9.97 Å². The van der Waals surface area contributed by atoms with Crippen LogP contribution in [-0.4, -0.2) is 9.97 Å². The van der Waals surface area contributed by atoms with Crippen LogP contribution in [0.4, 0.5) is 0 Å². The van der Waals surface area contributed by atoms with E-state index in [1.165, 1.54) is 61.0 Å². The van der Waals surface area contributed by atoms with Crippen molar-refractivity contribution in [1.29, 1.82) is 0 Å². The maximum absolute atomic E-state index is 5.29. The molecule has 0 atom stereocenters. The average molecular weight is 751 g/mol. The molecule has 0 bridgehead atoms. The van der Waals surface area contributed by atoms with Crippen LogP contribution >= 0.6 is 0 Å². The van der Waals surface area contributed by atoms with E-state index in [1.807, 2.05) is 18.2 Å². The van der Waals surface area contributed by atoms with Gasteiger partial charge in [-0.2, -0.15) is 0 Å². The van der Waals surface area contributed by atoms with Crippen molar-refractivity contribution < 1.29 is 0 Å². The summed E-state index contributed by atoms with van der Waals surface area (Å²) in [6, 6.07) is 83.0. The Balaban J connectivity index is 1.13. The lowest BCUT2D eigenvalue weighted by atomic mass is 9.66. The molecule has 0 fully saturated rings. The maximum Gasteiger partial charge on any atom is 0.160 e. The first kappa shape index (κ1) is 34.6. The molecule has 0 unspecified atom stereocenters. The second kappa shape index (κ2) is 14.4. The summed E-state index contributed by atoms with van der Waals surface area (Å²) < 4.78 is 0. The zero-order valence-electron chi connectivity index (χ0n) is 32.3. The molecule has 1 aromatic heterocycles. The van der Waals surface area contributed by atoms with Gasteiger partial charge in [-0.15, -0.1) is 0 Å². The number of benzene rings is 9. The standard InChI is InChI=1S/C57H38N2/c1-5-18-39(19-6-1)40-32-34-41(35-33-40)53-38-54(59-56(58-53)42-20-7-2-8-21-42)49-37-36-47(45-26-13-14-27-46(45)49)50-29-17-30-51-48-28-15-16-31-52(48)57(55(50)51,43-22-9-3-10-23-43)44-24-11-4-12-25-44/h1-38H. The van der Waals surface area contributed by atoms with Crippen LogP contribution < -0.4 is 0 Å². The van der Waals surface area contributed by atoms with E-state index in [1.54, 1.807) is 0 Å². The lowest BCUT2D eigenvalue weighted by molar-refractivity contribution is 0.770. The number of nitrogens with zero attached hydrogens (tertiary/aromatic N) is 2. The second-order valence-electron chi connectivity index (χ2n) is 15.2. The van der Waals surface area contributed by atoms with Crippen molar-refractivity contribution in [2.75, 3.05) is 0 Å². The molecule has 1 aliphatic carbocycles. The van der Waals surface area contributed by atoms with Gasteiger partial charge in [-0.3, -0.25) is 0 Å². The molecule has 2 nitrogen and oxygen atoms in total. The van der Waals surface area contributed by atoms with Gasteiger partial charge >= 0.3 is 0 Å². The van der Waals surface area contributed by atoms with Gasteiger partial charge < -0.3 is 0 Å². The van der Waals surface area contributed by atoms with Crippen molar-refractivity contribution in [2.45, 2.75) is 5.41 Å². The fourth-order valence-electron chi connectivity index (χ4n) is 9.40. The highest BCUT2D eigenvalue weighted by atomic mass is 14.9. The molecule has 59 heavy (non-hydrogen) atoms. The van der Waals surface area contributed by atoms with Crippen LogP contribution in [0.25, 0.3) is 78.1 Å². The Kier molecular flexibility index (Phi) is 8.41. The van der Waals surface area contributed by atoms with Gasteiger partial charge in [-0.05, 0) is 72.5 Å². The molecule has 0 amide bonds. The summed E-state index contributed by atoms with van der Waals surface area (Å²) in [6.45, 7) is 0. The van der Waals surface area contributed by atoms with E-state index < -0.39 is 5.41 Å². The minimum absolute atomic E-state index is 0.521. The molecule has 276 valence electrons. The lowest BCUT2D eigenvalue weighted by Crippen LogP contribution is -2.29. The number of aromatic nitrogens is 2. The van der Waals surface area contributed by atoms with Gasteiger partial charge in [0.2, 0.25) is 0 Å². The van der Waals surface area contributed by atoms with Crippen LogP contribution in [0.3, 0.4) is 0 Å². The zero-order chi connectivity index (χ0) is 39.2. The third-order valence-corrected chi connectivity index (χ3v) is 12.0. The Morgan fingerprint density at radius 2 is 0.746 bits per heavy atom. The summed E-state index contributed by atoms with van der Waals surface area (Å²) in [5, 5.41) is 2.32. The van der Waals surface area contributed by atoms with E-state index in [0.29, 0.717) is 5.82 Å². The highest BCUT2D eigenvalue weighted by molar-refractivity contribution is 6.07. The number of fused-ring (bicyclic) bond motifs is 4. The van der Waals surface area contributed by atoms with Gasteiger partial charge in [0.15, 0.2) is 5.82 Å². The van der Waals surface area contributed by atoms with Gasteiger partial charge in [0.1, 0.15) is 0 Å². The molecule has 0 spiro atoms. The van der Waals surface area contributed by atoms with Gasteiger partial charge in [0.05, 0.1) is 16.8 Å². The van der Waals surface area contributed by atoms with Crippen LogP contribution in [0.1, 0.15) is 22.3 Å². The summed E-state index contributed by atoms with van der Waals surface area (Å²) in [5.41, 5.74) is 16.8. The lowest BCUT2D eigenvalue weighted by Gasteiger charge is -2.35. The monoisotopic (exact) mass is 750 g/mol. The topological polar surface area (TPSA) is 25.8 Å². The van der Waals surface area contributed by atoms with Gasteiger partial charge in [-0.1, -0.05) is 224 Å². The third-order valence-electron chi connectivity index (χ3n) is 12.0. The Bertz CT molecular complexity index is 3080. The van der Waals surface area contributed by atoms with E-state index >= 15 is 0 Å². The molecule has 0 saturated heterocycles. The highest BCUT2D eigenvalue weighted by Gasteiger charge is 2.47. The number of hydrogen-bond donors (Lipinski definition) is 0. The van der Waals surface area contributed by atoms with Gasteiger partial charge in [0.25, 0.3) is 0 Å². The minimum Gasteiger partial charge on any atom is -0.228 e. The first-order chi connectivity index (χ1) is 29.3. The minimum atomic E-state index is -0.521. The molecule has 0 saturated carbocycles. The van der Waals surface area contributed by atoms with Crippen LogP contribution in [0.2, 0.25) is 0 Å². The van der Waals surface area contributed by atoms with E-state index in [9.17, 15) is 0 Å². The molecule has 1 aliphatic rings. The molecule has 0 N–H and O–H groups in total. The maximum atomic E-state index is 5.29. The molecular formula is C57H38N2. The van der Waals surface area contributed by atoms with Crippen molar-refractivity contribution >= 4 is 10.8 Å². The number of rotatable bonds is 7. The summed E-state index contributed by atoms with van der Waals surface area (Å²) in [7, 11) is 0. The largest absolute Gasteiger partial charge is 0.228 e. The van der Waals surface area contributed by atoms with Crippen LogP contribution in [0.5, 0.6) is 0 Å². The van der Waals surface area contributed by atoms with Crippen LogP contribution in [-0.2, 0) is 5.41 Å². The second-order valence-corrected chi connectivity index (χ2v) is 15.2. The summed E-state index contributed by atoms with van der Waals surface area (Å²) >= 11 is 0. The molecular weight excluding hydrogens is 713 g/mol. The molecule has 2 heteroatoms. The SMILES string of the molecule is c1ccc(-c2ccc(-c3cc(-c4ccc(-c5cccc6c5C(c5ccccc5)(c5ccccc5)c5ccccc5-6)c5ccccc45)nc(-c4ccccc4)n3)cc2)cc1. The smallest absolute Gasteiger partial charge is 0.160 e. The molecule has 11 rings (SSSR count). The molecule has 10 aromatic rings. The first-order valence-electron chi connectivity index (χ1n) is 20.2. The summed E-state index contributed by atoms with van der Waals surface area (Å²) in [6.07, 6.45) is 0. The van der Waals surface area contributed by atoms with Crippen molar-refractivity contribution in [2.24, 2.45) is 0 Å². The van der Waals surface area contributed by atoms with Crippen LogP contribution in [0.15, 0.2) is 231 Å². The van der Waals surface area contributed by atoms with Crippen molar-refractivity contribution in [3.05, 3.63) is 253 Å². The first-order valence-corrected chi connectivity index (χ1v) is 20.2. The van der Waals surface area contributed by atoms with Crippen molar-refractivity contribution in [3.63, 3.8) is 0 Å². The predicted octanol–water partition coefficient (Wildman–Crippen LogP) is 14.3. The fourth-order valence-corrected chi connectivity index (χ4v) is 9.40. The van der Waals surface area contributed by atoms with Crippen molar-refractivity contribution in [3.8, 4) is 67.3 Å². The average Bonchev–Trinajstić information content (AvgIpc) is 3.64. The van der Waals surface area contributed by atoms with Crippen molar-refractivity contribution in [1.82, 2.24) is 9.97 Å². The molecule has 0 aliphatic heterocycles. The molecule has 1 heterocycles. The molecule has 0 radical (unpaired) electrons. The molecule has 9 aromatic carbocycles. The van der Waals surface area contributed by atoms with E-state index in [-0.39, 0.29) is 0 Å². The normalized spacial score (nSPS) is 12.5. The fraction of sp³-hybridized carbons (Fsp3) is 0.0175. The van der Waals surface area contributed by atoms with Gasteiger partial charge in [0, 0.05) is 16.7 Å². The van der Waals surface area contributed by atoms with Crippen LogP contribution in [0, 0.1) is 0 Å². The zero-order valence-corrected chi connectivity index (χ0v) is 32.3. The Morgan fingerprint density at radius 1 is 0.288 bits per heavy atom. The summed E-state index contributed by atoms with van der Waals surface area (Å²) in [5.74, 6) is 0.701. The Labute approximate surface area is 344 Å². The quantitative estimate of drug-likeness (QED) is 0.162. The summed E-state index contributed by atoms with van der Waals surface area (Å²) in [4.78, 5) is 10.5. The van der Waals surface area contributed by atoms with E-state index in [0.717, 1.165) is 33.5 Å². The Hall–Kier alpha value is -7.68. The predicted molar refractivity (Wildman–Crippen MR) is 244 cm³/mol. The third kappa shape index (κ3) is 5.72. The Morgan fingerprint density at radius 3 is 1.41 bits per heavy atom. The number of hydrogen-bond acceptors (Lipinski definition) is 2. The van der Waals surface area contributed by atoms with E-state index in [2.05, 4.69) is 212 Å². The highest BCUT2D eigenvalue weighted by Crippen LogP contribution is 2.59.